The normalized spacial score (nSPS) is 21.9. The standard InChI is InChI=1S/C37H42O6/c38-23-13-22-33-35(40-25-30-16-7-2-8-17-30)37(42-27-32-20-11-4-12-21-32)36(41-26-31-18-9-3-10-19-31)34(43-33)28-39-24-29-14-5-1-6-15-29/h1-12,14-21,33-38H,13,22-28H2/t33-,34?,35?,36-,37?/m1/s1. The molecule has 6 nitrogen and oxygen atoms in total. The molecule has 4 aromatic carbocycles. The quantitative estimate of drug-likeness (QED) is 0.163. The minimum Gasteiger partial charge on any atom is -0.396 e. The van der Waals surface area contributed by atoms with Gasteiger partial charge < -0.3 is 28.8 Å². The summed E-state index contributed by atoms with van der Waals surface area (Å²) in [5.74, 6) is 0. The molecule has 0 saturated carbocycles. The van der Waals surface area contributed by atoms with Crippen LogP contribution in [-0.4, -0.2) is 48.8 Å². The van der Waals surface area contributed by atoms with Crippen LogP contribution in [0.15, 0.2) is 121 Å². The van der Waals surface area contributed by atoms with E-state index in [2.05, 4.69) is 36.4 Å². The first-order valence-corrected chi connectivity index (χ1v) is 15.1. The summed E-state index contributed by atoms with van der Waals surface area (Å²) in [5, 5.41) is 9.73. The molecule has 0 spiro atoms. The Hall–Kier alpha value is -3.36. The van der Waals surface area contributed by atoms with E-state index in [4.69, 9.17) is 23.7 Å². The van der Waals surface area contributed by atoms with Crippen LogP contribution in [0.5, 0.6) is 0 Å². The second kappa shape index (κ2) is 17.1. The number of hydrogen-bond acceptors (Lipinski definition) is 6. The van der Waals surface area contributed by atoms with Crippen molar-refractivity contribution in [1.82, 2.24) is 0 Å². The molecule has 6 heteroatoms. The second-order valence-corrected chi connectivity index (χ2v) is 10.9. The zero-order chi connectivity index (χ0) is 29.5. The average Bonchev–Trinajstić information content (AvgIpc) is 3.07. The van der Waals surface area contributed by atoms with Gasteiger partial charge in [-0.1, -0.05) is 121 Å². The van der Waals surface area contributed by atoms with Gasteiger partial charge in [0.1, 0.15) is 24.4 Å². The Balaban J connectivity index is 1.41. The van der Waals surface area contributed by atoms with Gasteiger partial charge in [-0.05, 0) is 35.1 Å². The number of benzene rings is 4. The number of ether oxygens (including phenoxy) is 5. The molecule has 1 saturated heterocycles. The van der Waals surface area contributed by atoms with Gasteiger partial charge in [0.15, 0.2) is 0 Å². The molecule has 3 unspecified atom stereocenters. The fourth-order valence-electron chi connectivity index (χ4n) is 5.41. The first kappa shape index (κ1) is 31.1. The van der Waals surface area contributed by atoms with E-state index in [1.807, 2.05) is 84.9 Å². The molecule has 43 heavy (non-hydrogen) atoms. The van der Waals surface area contributed by atoms with Crippen molar-refractivity contribution >= 4 is 0 Å². The lowest BCUT2D eigenvalue weighted by Crippen LogP contribution is -2.61. The van der Waals surface area contributed by atoms with Gasteiger partial charge in [-0.15, -0.1) is 0 Å². The predicted molar refractivity (Wildman–Crippen MR) is 166 cm³/mol. The van der Waals surface area contributed by atoms with Crippen molar-refractivity contribution in [3.8, 4) is 0 Å². The molecule has 0 bridgehead atoms. The van der Waals surface area contributed by atoms with Crippen LogP contribution in [0.3, 0.4) is 0 Å². The maximum absolute atomic E-state index is 9.73. The highest BCUT2D eigenvalue weighted by Gasteiger charge is 2.48. The Morgan fingerprint density at radius 1 is 0.488 bits per heavy atom. The summed E-state index contributed by atoms with van der Waals surface area (Å²) < 4.78 is 33.0. The Kier molecular flexibility index (Phi) is 12.3. The van der Waals surface area contributed by atoms with E-state index >= 15 is 0 Å². The van der Waals surface area contributed by atoms with Crippen molar-refractivity contribution in [2.45, 2.75) is 69.8 Å². The zero-order valence-electron chi connectivity index (χ0n) is 24.6. The molecule has 0 aliphatic carbocycles. The second-order valence-electron chi connectivity index (χ2n) is 10.9. The van der Waals surface area contributed by atoms with Crippen molar-refractivity contribution in [2.24, 2.45) is 0 Å². The van der Waals surface area contributed by atoms with Crippen LogP contribution in [-0.2, 0) is 50.1 Å². The molecular formula is C37H42O6. The molecule has 1 N–H and O–H groups in total. The summed E-state index contributed by atoms with van der Waals surface area (Å²) in [7, 11) is 0. The van der Waals surface area contributed by atoms with E-state index in [0.29, 0.717) is 45.9 Å². The molecule has 1 aliphatic heterocycles. The van der Waals surface area contributed by atoms with Gasteiger partial charge in [-0.25, -0.2) is 0 Å². The molecule has 0 amide bonds. The Labute approximate surface area is 255 Å². The minimum absolute atomic E-state index is 0.0733. The summed E-state index contributed by atoms with van der Waals surface area (Å²) in [6.45, 7) is 2.10. The first-order valence-electron chi connectivity index (χ1n) is 15.1. The first-order chi connectivity index (χ1) is 21.3. The fraction of sp³-hybridized carbons (Fsp3) is 0.351. The molecule has 1 aliphatic rings. The van der Waals surface area contributed by atoms with E-state index in [9.17, 15) is 5.11 Å². The van der Waals surface area contributed by atoms with Crippen LogP contribution in [0.1, 0.15) is 35.1 Å². The Morgan fingerprint density at radius 3 is 1.33 bits per heavy atom. The maximum atomic E-state index is 9.73. The number of hydrogen-bond donors (Lipinski definition) is 1. The van der Waals surface area contributed by atoms with Gasteiger partial charge in [0.2, 0.25) is 0 Å². The summed E-state index contributed by atoms with van der Waals surface area (Å²) in [6.07, 6.45) is -0.786. The highest BCUT2D eigenvalue weighted by atomic mass is 16.6. The molecule has 226 valence electrons. The molecule has 4 aromatic rings. The SMILES string of the molecule is OCCC[C@H]1OC(COCc2ccccc2)[C@@H](OCc2ccccc2)C(OCc2ccccc2)C1OCc1ccccc1. The average molecular weight is 583 g/mol. The van der Waals surface area contributed by atoms with Crippen LogP contribution < -0.4 is 0 Å². The largest absolute Gasteiger partial charge is 0.396 e. The van der Waals surface area contributed by atoms with Gasteiger partial charge in [0, 0.05) is 6.61 Å². The summed E-state index contributed by atoms with van der Waals surface area (Å²) >= 11 is 0. The molecule has 1 heterocycles. The maximum Gasteiger partial charge on any atom is 0.115 e. The van der Waals surface area contributed by atoms with Crippen molar-refractivity contribution in [3.05, 3.63) is 144 Å². The monoisotopic (exact) mass is 582 g/mol. The summed E-state index contributed by atoms with van der Waals surface area (Å²) in [5.41, 5.74) is 4.30. The minimum atomic E-state index is -0.453. The van der Waals surface area contributed by atoms with Crippen LogP contribution in [0.4, 0.5) is 0 Å². The van der Waals surface area contributed by atoms with Crippen molar-refractivity contribution < 1.29 is 28.8 Å². The van der Waals surface area contributed by atoms with Crippen LogP contribution in [0.2, 0.25) is 0 Å². The zero-order valence-corrected chi connectivity index (χ0v) is 24.6. The van der Waals surface area contributed by atoms with E-state index in [-0.39, 0.29) is 12.7 Å². The third-order valence-corrected chi connectivity index (χ3v) is 7.63. The lowest BCUT2D eigenvalue weighted by molar-refractivity contribution is -0.273. The summed E-state index contributed by atoms with van der Waals surface area (Å²) in [6, 6.07) is 40.5. The third-order valence-electron chi connectivity index (χ3n) is 7.63. The topological polar surface area (TPSA) is 66.4 Å². The van der Waals surface area contributed by atoms with Crippen LogP contribution in [0.25, 0.3) is 0 Å². The summed E-state index contributed by atoms with van der Waals surface area (Å²) in [4.78, 5) is 0. The third kappa shape index (κ3) is 9.57. The van der Waals surface area contributed by atoms with Crippen molar-refractivity contribution in [1.29, 1.82) is 0 Å². The lowest BCUT2D eigenvalue weighted by Gasteiger charge is -2.46. The lowest BCUT2D eigenvalue weighted by atomic mass is 9.91. The highest BCUT2D eigenvalue weighted by Crippen LogP contribution is 2.32. The van der Waals surface area contributed by atoms with Gasteiger partial charge in [0.05, 0.1) is 39.1 Å². The molecule has 0 aromatic heterocycles. The van der Waals surface area contributed by atoms with Gasteiger partial charge in [-0.3, -0.25) is 0 Å². The molecular weight excluding hydrogens is 540 g/mol. The van der Waals surface area contributed by atoms with Crippen LogP contribution >= 0.6 is 0 Å². The van der Waals surface area contributed by atoms with Crippen molar-refractivity contribution in [3.63, 3.8) is 0 Å². The smallest absolute Gasteiger partial charge is 0.115 e. The molecule has 1 fully saturated rings. The van der Waals surface area contributed by atoms with Gasteiger partial charge in [-0.2, -0.15) is 0 Å². The van der Waals surface area contributed by atoms with Crippen LogP contribution in [0, 0.1) is 0 Å². The number of rotatable bonds is 16. The molecule has 5 atom stereocenters. The van der Waals surface area contributed by atoms with E-state index in [1.165, 1.54) is 0 Å². The number of aliphatic hydroxyl groups excluding tert-OH is 1. The number of aliphatic hydroxyl groups is 1. The fourth-order valence-corrected chi connectivity index (χ4v) is 5.41. The van der Waals surface area contributed by atoms with Crippen molar-refractivity contribution in [2.75, 3.05) is 13.2 Å². The van der Waals surface area contributed by atoms with Gasteiger partial charge >= 0.3 is 0 Å². The Bertz CT molecular complexity index is 1290. The van der Waals surface area contributed by atoms with E-state index < -0.39 is 24.4 Å². The Morgan fingerprint density at radius 2 is 0.884 bits per heavy atom. The molecule has 0 radical (unpaired) electrons. The molecule has 5 rings (SSSR count). The van der Waals surface area contributed by atoms with E-state index in [0.717, 1.165) is 22.3 Å². The van der Waals surface area contributed by atoms with Gasteiger partial charge in [0.25, 0.3) is 0 Å². The predicted octanol–water partition coefficient (Wildman–Crippen LogP) is 6.50. The highest BCUT2D eigenvalue weighted by molar-refractivity contribution is 5.16. The van der Waals surface area contributed by atoms with E-state index in [1.54, 1.807) is 0 Å².